The van der Waals surface area contributed by atoms with Crippen molar-refractivity contribution in [2.75, 3.05) is 0 Å². The first kappa shape index (κ1) is 12.6. The van der Waals surface area contributed by atoms with Crippen LogP contribution < -0.4 is 0 Å². The van der Waals surface area contributed by atoms with Gasteiger partial charge in [0.1, 0.15) is 5.82 Å². The largest absolute Gasteiger partial charge is 0.392 e. The number of aliphatic hydroxyl groups is 1. The second kappa shape index (κ2) is 5.21. The van der Waals surface area contributed by atoms with E-state index in [1.54, 1.807) is 0 Å². The molecule has 1 atom stereocenters. The zero-order valence-electron chi connectivity index (χ0n) is 11.0. The lowest BCUT2D eigenvalue weighted by molar-refractivity contribution is 0.0401. The van der Waals surface area contributed by atoms with Crippen LogP contribution in [0.3, 0.4) is 0 Å². The summed E-state index contributed by atoms with van der Waals surface area (Å²) in [7, 11) is 0. The molecule has 1 fully saturated rings. The monoisotopic (exact) mass is 236 g/mol. The molecule has 1 aromatic heterocycles. The van der Waals surface area contributed by atoms with Gasteiger partial charge < -0.3 is 9.67 Å². The zero-order valence-corrected chi connectivity index (χ0v) is 11.0. The summed E-state index contributed by atoms with van der Waals surface area (Å²) in [5.41, 5.74) is 0.114. The Balaban J connectivity index is 2.02. The minimum Gasteiger partial charge on any atom is -0.392 e. The molecule has 1 N–H and O–H groups in total. The Bertz CT molecular complexity index is 353. The first-order chi connectivity index (χ1) is 8.15. The molecule has 96 valence electrons. The van der Waals surface area contributed by atoms with E-state index in [9.17, 15) is 5.11 Å². The van der Waals surface area contributed by atoms with E-state index in [-0.39, 0.29) is 11.5 Å². The summed E-state index contributed by atoms with van der Waals surface area (Å²) in [6.45, 7) is 5.38. The first-order valence-electron chi connectivity index (χ1n) is 6.84. The Hall–Kier alpha value is -0.830. The standard InChI is InChI=1S/C14H24N2O/c1-3-9-16-10-8-15-13(16)11-12(17)14(2)6-4-5-7-14/h8,10,12,17H,3-7,9,11H2,1-2H3. The van der Waals surface area contributed by atoms with Gasteiger partial charge in [0.05, 0.1) is 6.10 Å². The average Bonchev–Trinajstić information content (AvgIpc) is 2.90. The van der Waals surface area contributed by atoms with Gasteiger partial charge in [-0.3, -0.25) is 0 Å². The van der Waals surface area contributed by atoms with Crippen molar-refractivity contribution in [3.63, 3.8) is 0 Å². The maximum atomic E-state index is 10.4. The van der Waals surface area contributed by atoms with Crippen LogP contribution in [0.5, 0.6) is 0 Å². The molecule has 0 aromatic carbocycles. The second-order valence-corrected chi connectivity index (χ2v) is 5.62. The summed E-state index contributed by atoms with van der Waals surface area (Å²) in [6.07, 6.45) is 10.2. The smallest absolute Gasteiger partial charge is 0.111 e. The average molecular weight is 236 g/mol. The SMILES string of the molecule is CCCn1ccnc1CC(O)C1(C)CCCC1. The van der Waals surface area contributed by atoms with Crippen molar-refractivity contribution in [1.82, 2.24) is 9.55 Å². The molecule has 2 rings (SSSR count). The van der Waals surface area contributed by atoms with Gasteiger partial charge in [-0.1, -0.05) is 26.7 Å². The first-order valence-corrected chi connectivity index (χ1v) is 6.84. The van der Waals surface area contributed by atoms with Crippen LogP contribution >= 0.6 is 0 Å². The van der Waals surface area contributed by atoms with Crippen molar-refractivity contribution in [3.05, 3.63) is 18.2 Å². The number of aliphatic hydroxyl groups excluding tert-OH is 1. The van der Waals surface area contributed by atoms with Gasteiger partial charge in [-0.15, -0.1) is 0 Å². The molecule has 1 unspecified atom stereocenters. The molecule has 3 nitrogen and oxygen atoms in total. The molecule has 17 heavy (non-hydrogen) atoms. The molecular weight excluding hydrogens is 212 g/mol. The fraction of sp³-hybridized carbons (Fsp3) is 0.786. The third-order valence-corrected chi connectivity index (χ3v) is 4.19. The van der Waals surface area contributed by atoms with E-state index in [1.165, 1.54) is 12.8 Å². The van der Waals surface area contributed by atoms with Gasteiger partial charge in [0.25, 0.3) is 0 Å². The highest BCUT2D eigenvalue weighted by Gasteiger charge is 2.36. The molecule has 1 aliphatic rings. The molecule has 0 saturated heterocycles. The quantitative estimate of drug-likeness (QED) is 0.853. The lowest BCUT2D eigenvalue weighted by atomic mass is 9.81. The van der Waals surface area contributed by atoms with Gasteiger partial charge in [0, 0.05) is 25.4 Å². The number of rotatable bonds is 5. The van der Waals surface area contributed by atoms with E-state index in [0.29, 0.717) is 6.42 Å². The number of hydrogen-bond acceptors (Lipinski definition) is 2. The number of hydrogen-bond donors (Lipinski definition) is 1. The predicted octanol–water partition coefficient (Wildman–Crippen LogP) is 2.78. The van der Waals surface area contributed by atoms with Crippen LogP contribution in [-0.4, -0.2) is 20.8 Å². The van der Waals surface area contributed by atoms with Crippen molar-refractivity contribution >= 4 is 0 Å². The van der Waals surface area contributed by atoms with Crippen molar-refractivity contribution in [2.24, 2.45) is 5.41 Å². The van der Waals surface area contributed by atoms with Crippen LogP contribution in [0, 0.1) is 5.41 Å². The highest BCUT2D eigenvalue weighted by molar-refractivity contribution is 4.98. The summed E-state index contributed by atoms with van der Waals surface area (Å²) in [4.78, 5) is 4.38. The van der Waals surface area contributed by atoms with Crippen LogP contribution in [0.1, 0.15) is 51.8 Å². The third kappa shape index (κ3) is 2.71. The fourth-order valence-electron chi connectivity index (χ4n) is 2.91. The molecule has 0 amide bonds. The van der Waals surface area contributed by atoms with Crippen LogP contribution in [0.15, 0.2) is 12.4 Å². The molecule has 1 saturated carbocycles. The lowest BCUT2D eigenvalue weighted by Crippen LogP contribution is -2.32. The van der Waals surface area contributed by atoms with Crippen LogP contribution in [0.2, 0.25) is 0 Å². The summed E-state index contributed by atoms with van der Waals surface area (Å²) < 4.78 is 2.17. The second-order valence-electron chi connectivity index (χ2n) is 5.62. The summed E-state index contributed by atoms with van der Waals surface area (Å²) >= 11 is 0. The Morgan fingerprint density at radius 3 is 2.82 bits per heavy atom. The minimum atomic E-state index is -0.247. The zero-order chi connectivity index (χ0) is 12.3. The van der Waals surface area contributed by atoms with Gasteiger partial charge in [-0.2, -0.15) is 0 Å². The van der Waals surface area contributed by atoms with Crippen LogP contribution in [-0.2, 0) is 13.0 Å². The van der Waals surface area contributed by atoms with Crippen molar-refractivity contribution < 1.29 is 5.11 Å². The summed E-state index contributed by atoms with van der Waals surface area (Å²) in [5, 5.41) is 10.4. The molecule has 3 heteroatoms. The molecule has 1 aliphatic carbocycles. The van der Waals surface area contributed by atoms with Gasteiger partial charge >= 0.3 is 0 Å². The van der Waals surface area contributed by atoms with E-state index in [4.69, 9.17) is 0 Å². The molecule has 0 radical (unpaired) electrons. The van der Waals surface area contributed by atoms with Crippen LogP contribution in [0.4, 0.5) is 0 Å². The summed E-state index contributed by atoms with van der Waals surface area (Å²) in [6, 6.07) is 0. The van der Waals surface area contributed by atoms with E-state index in [1.807, 2.05) is 12.4 Å². The van der Waals surface area contributed by atoms with E-state index in [2.05, 4.69) is 23.4 Å². The van der Waals surface area contributed by atoms with Gasteiger partial charge in [0.15, 0.2) is 0 Å². The topological polar surface area (TPSA) is 38.0 Å². The van der Waals surface area contributed by atoms with Crippen molar-refractivity contribution in [1.29, 1.82) is 0 Å². The Morgan fingerprint density at radius 1 is 1.47 bits per heavy atom. The molecule has 1 heterocycles. The predicted molar refractivity (Wildman–Crippen MR) is 68.8 cm³/mol. The highest BCUT2D eigenvalue weighted by Crippen LogP contribution is 2.41. The Morgan fingerprint density at radius 2 is 2.18 bits per heavy atom. The maximum Gasteiger partial charge on any atom is 0.111 e. The van der Waals surface area contributed by atoms with E-state index >= 15 is 0 Å². The van der Waals surface area contributed by atoms with Gasteiger partial charge in [-0.25, -0.2) is 4.98 Å². The Kier molecular flexibility index (Phi) is 3.87. The van der Waals surface area contributed by atoms with E-state index < -0.39 is 0 Å². The minimum absolute atomic E-state index is 0.114. The number of nitrogens with zero attached hydrogens (tertiary/aromatic N) is 2. The van der Waals surface area contributed by atoms with Crippen molar-refractivity contribution in [3.8, 4) is 0 Å². The molecular formula is C14H24N2O. The number of aryl methyl sites for hydroxylation is 1. The van der Waals surface area contributed by atoms with Crippen LogP contribution in [0.25, 0.3) is 0 Å². The Labute approximate surface area is 104 Å². The van der Waals surface area contributed by atoms with Crippen molar-refractivity contribution in [2.45, 2.75) is 65.0 Å². The summed E-state index contributed by atoms with van der Waals surface area (Å²) in [5.74, 6) is 1.03. The maximum absolute atomic E-state index is 10.4. The normalized spacial score (nSPS) is 20.6. The van der Waals surface area contributed by atoms with E-state index in [0.717, 1.165) is 31.6 Å². The van der Waals surface area contributed by atoms with Gasteiger partial charge in [-0.05, 0) is 24.7 Å². The number of imidazole rings is 1. The molecule has 0 aliphatic heterocycles. The molecule has 1 aromatic rings. The fourth-order valence-corrected chi connectivity index (χ4v) is 2.91. The van der Waals surface area contributed by atoms with Gasteiger partial charge in [0.2, 0.25) is 0 Å². The number of aromatic nitrogens is 2. The highest BCUT2D eigenvalue weighted by atomic mass is 16.3. The molecule has 0 spiro atoms. The molecule has 0 bridgehead atoms. The third-order valence-electron chi connectivity index (χ3n) is 4.19. The lowest BCUT2D eigenvalue weighted by Gasteiger charge is -2.29.